The predicted octanol–water partition coefficient (Wildman–Crippen LogP) is 0.796. The second kappa shape index (κ2) is 9.88. The molecule has 0 aromatic carbocycles. The van der Waals surface area contributed by atoms with Crippen LogP contribution in [-0.2, 0) is 9.59 Å². The van der Waals surface area contributed by atoms with Crippen molar-refractivity contribution in [2.75, 3.05) is 13.1 Å². The summed E-state index contributed by atoms with van der Waals surface area (Å²) in [5, 5.41) is 8.70. The Balaban J connectivity index is 3.55. The third-order valence-corrected chi connectivity index (χ3v) is 2.85. The molecule has 0 rings (SSSR count). The van der Waals surface area contributed by atoms with Crippen LogP contribution in [0.2, 0.25) is 0 Å². The molecule has 2 atom stereocenters. The van der Waals surface area contributed by atoms with Gasteiger partial charge in [-0.15, -0.1) is 0 Å². The highest BCUT2D eigenvalue weighted by Crippen LogP contribution is 1.89. The number of hydrogen-bond donors (Lipinski definition) is 3. The average molecular weight is 257 g/mol. The van der Waals surface area contributed by atoms with Gasteiger partial charge in [-0.05, 0) is 26.7 Å². The largest absolute Gasteiger partial charge is 0.354 e. The summed E-state index contributed by atoms with van der Waals surface area (Å²) in [4.78, 5) is 22.8. The molecule has 0 bridgehead atoms. The van der Waals surface area contributed by atoms with Crippen molar-refractivity contribution >= 4 is 11.8 Å². The monoisotopic (exact) mass is 257 g/mol. The Morgan fingerprint density at radius 3 is 1.94 bits per heavy atom. The first-order valence-electron chi connectivity index (χ1n) is 6.79. The van der Waals surface area contributed by atoms with Gasteiger partial charge in [0.05, 0.1) is 6.54 Å². The lowest BCUT2D eigenvalue weighted by Crippen LogP contribution is -2.40. The second-order valence-corrected chi connectivity index (χ2v) is 4.68. The molecule has 0 saturated heterocycles. The van der Waals surface area contributed by atoms with E-state index in [9.17, 15) is 9.59 Å². The molecule has 2 unspecified atom stereocenters. The number of hydrogen-bond acceptors (Lipinski definition) is 3. The van der Waals surface area contributed by atoms with Crippen molar-refractivity contribution in [2.45, 2.75) is 59.0 Å². The first-order valence-corrected chi connectivity index (χ1v) is 6.79. The van der Waals surface area contributed by atoms with Crippen LogP contribution in [0.15, 0.2) is 0 Å². The zero-order valence-corrected chi connectivity index (χ0v) is 12.0. The molecule has 0 aliphatic carbocycles. The van der Waals surface area contributed by atoms with Crippen LogP contribution in [0.5, 0.6) is 0 Å². The van der Waals surface area contributed by atoms with Crippen molar-refractivity contribution in [1.82, 2.24) is 16.0 Å². The number of carbonyl (C=O) groups excluding carboxylic acids is 2. The van der Waals surface area contributed by atoms with Crippen molar-refractivity contribution in [3.63, 3.8) is 0 Å². The summed E-state index contributed by atoms with van der Waals surface area (Å²) in [6, 6.07) is 0.416. The van der Waals surface area contributed by atoms with E-state index in [1.807, 2.05) is 27.7 Å². The van der Waals surface area contributed by atoms with Crippen LogP contribution in [0.1, 0.15) is 47.0 Å². The van der Waals surface area contributed by atoms with Gasteiger partial charge >= 0.3 is 0 Å². The van der Waals surface area contributed by atoms with Gasteiger partial charge in [0.2, 0.25) is 11.8 Å². The van der Waals surface area contributed by atoms with Gasteiger partial charge in [0.15, 0.2) is 0 Å². The molecule has 18 heavy (non-hydrogen) atoms. The SMILES string of the molecule is CCC(C)NC(=O)CCNCC(=O)NC(C)CC. The zero-order valence-electron chi connectivity index (χ0n) is 12.0. The molecule has 3 N–H and O–H groups in total. The van der Waals surface area contributed by atoms with Gasteiger partial charge in [-0.3, -0.25) is 9.59 Å². The first-order chi connectivity index (χ1) is 8.49. The maximum atomic E-state index is 11.4. The Morgan fingerprint density at radius 2 is 1.44 bits per heavy atom. The fourth-order valence-corrected chi connectivity index (χ4v) is 1.28. The molecule has 0 aromatic heterocycles. The van der Waals surface area contributed by atoms with E-state index < -0.39 is 0 Å². The molecule has 0 heterocycles. The third-order valence-electron chi connectivity index (χ3n) is 2.85. The quantitative estimate of drug-likeness (QED) is 0.535. The molecular formula is C13H27N3O2. The van der Waals surface area contributed by atoms with Gasteiger partial charge in [0.1, 0.15) is 0 Å². The maximum absolute atomic E-state index is 11.4. The molecule has 0 aromatic rings. The number of carbonyl (C=O) groups is 2. The van der Waals surface area contributed by atoms with E-state index in [-0.39, 0.29) is 30.4 Å². The second-order valence-electron chi connectivity index (χ2n) is 4.68. The van der Waals surface area contributed by atoms with Gasteiger partial charge in [-0.25, -0.2) is 0 Å². The summed E-state index contributed by atoms with van der Waals surface area (Å²) < 4.78 is 0. The fraction of sp³-hybridized carbons (Fsp3) is 0.846. The van der Waals surface area contributed by atoms with E-state index >= 15 is 0 Å². The molecule has 2 amide bonds. The summed E-state index contributed by atoms with van der Waals surface area (Å²) in [6.07, 6.45) is 2.25. The van der Waals surface area contributed by atoms with Crippen molar-refractivity contribution in [2.24, 2.45) is 0 Å². The zero-order chi connectivity index (χ0) is 14.0. The Morgan fingerprint density at radius 1 is 0.944 bits per heavy atom. The van der Waals surface area contributed by atoms with Crippen molar-refractivity contribution in [3.8, 4) is 0 Å². The summed E-state index contributed by atoms with van der Waals surface area (Å²) >= 11 is 0. The molecule has 5 heteroatoms. The van der Waals surface area contributed by atoms with Crippen LogP contribution >= 0.6 is 0 Å². The van der Waals surface area contributed by atoms with Gasteiger partial charge in [-0.2, -0.15) is 0 Å². The molecule has 0 fully saturated rings. The summed E-state index contributed by atoms with van der Waals surface area (Å²) in [6.45, 7) is 8.79. The fourth-order valence-electron chi connectivity index (χ4n) is 1.28. The van der Waals surface area contributed by atoms with Gasteiger partial charge in [0, 0.05) is 25.0 Å². The molecule has 5 nitrogen and oxygen atoms in total. The molecular weight excluding hydrogens is 230 g/mol. The molecule has 106 valence electrons. The Hall–Kier alpha value is -1.10. The van der Waals surface area contributed by atoms with Crippen LogP contribution in [-0.4, -0.2) is 37.0 Å². The van der Waals surface area contributed by atoms with Crippen LogP contribution in [0.4, 0.5) is 0 Å². The van der Waals surface area contributed by atoms with E-state index in [1.165, 1.54) is 0 Å². The van der Waals surface area contributed by atoms with E-state index in [2.05, 4.69) is 16.0 Å². The van der Waals surface area contributed by atoms with E-state index in [0.29, 0.717) is 13.0 Å². The Labute approximate surface area is 110 Å². The molecule has 0 aliphatic heterocycles. The van der Waals surface area contributed by atoms with E-state index in [1.54, 1.807) is 0 Å². The smallest absolute Gasteiger partial charge is 0.234 e. The normalized spacial score (nSPS) is 13.8. The van der Waals surface area contributed by atoms with E-state index in [4.69, 9.17) is 0 Å². The van der Waals surface area contributed by atoms with Gasteiger partial charge in [-0.1, -0.05) is 13.8 Å². The number of amides is 2. The van der Waals surface area contributed by atoms with Crippen molar-refractivity contribution < 1.29 is 9.59 Å². The minimum absolute atomic E-state index is 0.0216. The van der Waals surface area contributed by atoms with Crippen molar-refractivity contribution in [1.29, 1.82) is 0 Å². The summed E-state index contributed by atoms with van der Waals surface area (Å²) in [5.74, 6) is 0.00543. The van der Waals surface area contributed by atoms with E-state index in [0.717, 1.165) is 12.8 Å². The summed E-state index contributed by atoms with van der Waals surface area (Å²) in [7, 11) is 0. The Bertz CT molecular complexity index is 231. The van der Waals surface area contributed by atoms with Gasteiger partial charge < -0.3 is 16.0 Å². The highest BCUT2D eigenvalue weighted by molar-refractivity contribution is 5.78. The topological polar surface area (TPSA) is 70.2 Å². The van der Waals surface area contributed by atoms with Crippen LogP contribution < -0.4 is 16.0 Å². The first kappa shape index (κ1) is 16.9. The standard InChI is InChI=1S/C13H27N3O2/c1-5-10(3)15-12(17)7-8-14-9-13(18)16-11(4)6-2/h10-11,14H,5-9H2,1-4H3,(H,15,17)(H,16,18). The molecule has 0 spiro atoms. The lowest BCUT2D eigenvalue weighted by Gasteiger charge is -2.13. The highest BCUT2D eigenvalue weighted by Gasteiger charge is 2.07. The number of nitrogens with one attached hydrogen (secondary N) is 3. The minimum atomic E-state index is -0.0216. The van der Waals surface area contributed by atoms with Crippen LogP contribution in [0.25, 0.3) is 0 Å². The molecule has 0 radical (unpaired) electrons. The Kier molecular flexibility index (Phi) is 9.28. The molecule has 0 aliphatic rings. The van der Waals surface area contributed by atoms with Crippen LogP contribution in [0, 0.1) is 0 Å². The number of rotatable bonds is 9. The summed E-state index contributed by atoms with van der Waals surface area (Å²) in [5.41, 5.74) is 0. The van der Waals surface area contributed by atoms with Gasteiger partial charge in [0.25, 0.3) is 0 Å². The maximum Gasteiger partial charge on any atom is 0.234 e. The van der Waals surface area contributed by atoms with Crippen molar-refractivity contribution in [3.05, 3.63) is 0 Å². The average Bonchev–Trinajstić information content (AvgIpc) is 2.34. The third kappa shape index (κ3) is 8.98. The minimum Gasteiger partial charge on any atom is -0.354 e. The highest BCUT2D eigenvalue weighted by atomic mass is 16.2. The lowest BCUT2D eigenvalue weighted by atomic mass is 10.2. The lowest BCUT2D eigenvalue weighted by molar-refractivity contribution is -0.123. The molecule has 0 saturated carbocycles. The predicted molar refractivity (Wildman–Crippen MR) is 73.3 cm³/mol. The van der Waals surface area contributed by atoms with Crippen LogP contribution in [0.3, 0.4) is 0 Å².